The van der Waals surface area contributed by atoms with Gasteiger partial charge in [-0.15, -0.1) is 0 Å². The Balaban J connectivity index is 1.91. The van der Waals surface area contributed by atoms with Crippen LogP contribution in [0, 0.1) is 6.92 Å². The van der Waals surface area contributed by atoms with Crippen molar-refractivity contribution in [3.8, 4) is 5.75 Å². The van der Waals surface area contributed by atoms with E-state index in [2.05, 4.69) is 43.9 Å². The molecule has 0 saturated carbocycles. The molecule has 0 radical (unpaired) electrons. The van der Waals surface area contributed by atoms with Gasteiger partial charge in [0.15, 0.2) is 6.73 Å². The first-order valence-electron chi connectivity index (χ1n) is 9.66. The molecule has 0 amide bonds. The van der Waals surface area contributed by atoms with Crippen LogP contribution < -0.4 is 15.3 Å². The number of hydrogen-bond donors (Lipinski definition) is 0. The molecular formula is C23H24ClNO3. The van der Waals surface area contributed by atoms with E-state index in [4.69, 9.17) is 20.8 Å². The highest BCUT2D eigenvalue weighted by Gasteiger charge is 2.27. The lowest BCUT2D eigenvalue weighted by atomic mass is 9.96. The Kier molecular flexibility index (Phi) is 4.84. The summed E-state index contributed by atoms with van der Waals surface area (Å²) < 4.78 is 11.7. The van der Waals surface area contributed by atoms with Gasteiger partial charge in [0.2, 0.25) is 0 Å². The molecule has 1 aromatic heterocycles. The fourth-order valence-electron chi connectivity index (χ4n) is 4.07. The van der Waals surface area contributed by atoms with Crippen molar-refractivity contribution in [2.75, 3.05) is 11.6 Å². The number of aryl methyl sites for hydroxylation is 2. The number of para-hydroxylation sites is 1. The van der Waals surface area contributed by atoms with Gasteiger partial charge in [-0.2, -0.15) is 0 Å². The molecule has 3 aromatic rings. The Morgan fingerprint density at radius 2 is 2.04 bits per heavy atom. The number of anilines is 1. The number of nitrogens with zero attached hydrogens (tertiary/aromatic N) is 1. The van der Waals surface area contributed by atoms with E-state index in [1.54, 1.807) is 6.07 Å². The minimum atomic E-state index is -0.343. The van der Waals surface area contributed by atoms with Gasteiger partial charge in [-0.3, -0.25) is 0 Å². The maximum Gasteiger partial charge on any atom is 0.336 e. The van der Waals surface area contributed by atoms with E-state index in [9.17, 15) is 4.79 Å². The minimum Gasteiger partial charge on any atom is -0.471 e. The third-order valence-corrected chi connectivity index (χ3v) is 5.70. The number of halogens is 1. The Labute approximate surface area is 169 Å². The number of ether oxygens (including phenoxy) is 1. The van der Waals surface area contributed by atoms with Gasteiger partial charge in [0.25, 0.3) is 0 Å². The summed E-state index contributed by atoms with van der Waals surface area (Å²) in [6, 6.07) is 9.76. The van der Waals surface area contributed by atoms with E-state index < -0.39 is 0 Å². The van der Waals surface area contributed by atoms with Crippen molar-refractivity contribution in [1.29, 1.82) is 0 Å². The van der Waals surface area contributed by atoms with Gasteiger partial charge in [0.05, 0.1) is 17.1 Å². The highest BCUT2D eigenvalue weighted by molar-refractivity contribution is 6.33. The first-order chi connectivity index (χ1) is 13.4. The van der Waals surface area contributed by atoms with Crippen LogP contribution in [-0.4, -0.2) is 6.73 Å². The standard InChI is InChI=1S/C23H24ClNO3/c1-5-15-9-20(26)28-22-17(15)10-19(24)23-18(22)11-25(12-27-23)21-14(4)7-6-8-16(21)13(2)3/h6-10,13H,5,11-12H2,1-4H3. The van der Waals surface area contributed by atoms with E-state index >= 15 is 0 Å². The number of benzene rings is 2. The van der Waals surface area contributed by atoms with E-state index in [0.29, 0.717) is 35.5 Å². The van der Waals surface area contributed by atoms with Crippen LogP contribution in [-0.2, 0) is 13.0 Å². The zero-order chi connectivity index (χ0) is 20.0. The van der Waals surface area contributed by atoms with Gasteiger partial charge in [0.1, 0.15) is 11.3 Å². The molecule has 0 spiro atoms. The fourth-order valence-corrected chi connectivity index (χ4v) is 4.34. The second-order valence-electron chi connectivity index (χ2n) is 7.63. The molecule has 0 atom stereocenters. The molecular weight excluding hydrogens is 374 g/mol. The fraction of sp³-hybridized carbons (Fsp3) is 0.348. The molecule has 1 aliphatic heterocycles. The van der Waals surface area contributed by atoms with E-state index in [1.165, 1.54) is 16.8 Å². The van der Waals surface area contributed by atoms with Crippen molar-refractivity contribution in [2.24, 2.45) is 0 Å². The summed E-state index contributed by atoms with van der Waals surface area (Å²) in [6.07, 6.45) is 0.733. The van der Waals surface area contributed by atoms with E-state index in [-0.39, 0.29) is 5.63 Å². The molecule has 0 aliphatic carbocycles. The number of fused-ring (bicyclic) bond motifs is 3. The first-order valence-corrected chi connectivity index (χ1v) is 10.0. The van der Waals surface area contributed by atoms with Crippen LogP contribution in [0.1, 0.15) is 48.9 Å². The molecule has 2 heterocycles. The molecule has 0 N–H and O–H groups in total. The average Bonchev–Trinajstić information content (AvgIpc) is 2.67. The summed E-state index contributed by atoms with van der Waals surface area (Å²) in [6.45, 7) is 9.49. The SMILES string of the molecule is CCc1cc(=O)oc2c3c(c(Cl)cc12)OCN(c1c(C)cccc1C(C)C)C3. The zero-order valence-electron chi connectivity index (χ0n) is 16.6. The molecule has 4 nitrogen and oxygen atoms in total. The van der Waals surface area contributed by atoms with Crippen LogP contribution in [0.4, 0.5) is 5.69 Å². The second-order valence-corrected chi connectivity index (χ2v) is 8.03. The zero-order valence-corrected chi connectivity index (χ0v) is 17.4. The van der Waals surface area contributed by atoms with Gasteiger partial charge in [0, 0.05) is 17.1 Å². The highest BCUT2D eigenvalue weighted by Crippen LogP contribution is 2.42. The van der Waals surface area contributed by atoms with Gasteiger partial charge in [-0.05, 0) is 42.0 Å². The smallest absolute Gasteiger partial charge is 0.336 e. The highest BCUT2D eigenvalue weighted by atomic mass is 35.5. The molecule has 2 aromatic carbocycles. The molecule has 0 saturated heterocycles. The second kappa shape index (κ2) is 7.17. The van der Waals surface area contributed by atoms with Crippen molar-refractivity contribution >= 4 is 28.3 Å². The van der Waals surface area contributed by atoms with Crippen molar-refractivity contribution in [1.82, 2.24) is 0 Å². The Morgan fingerprint density at radius 1 is 1.25 bits per heavy atom. The summed E-state index contributed by atoms with van der Waals surface area (Å²) in [5.74, 6) is 0.999. The van der Waals surface area contributed by atoms with Crippen molar-refractivity contribution in [2.45, 2.75) is 46.6 Å². The van der Waals surface area contributed by atoms with Gasteiger partial charge in [-0.25, -0.2) is 4.79 Å². The lowest BCUT2D eigenvalue weighted by Crippen LogP contribution is -2.33. The van der Waals surface area contributed by atoms with Crippen LogP contribution in [0.5, 0.6) is 5.75 Å². The Morgan fingerprint density at radius 3 is 2.75 bits per heavy atom. The lowest BCUT2D eigenvalue weighted by molar-refractivity contribution is 0.288. The number of rotatable bonds is 3. The minimum absolute atomic E-state index is 0.343. The molecule has 1 aliphatic rings. The van der Waals surface area contributed by atoms with E-state index in [1.807, 2.05) is 13.0 Å². The maximum atomic E-state index is 12.1. The summed E-state index contributed by atoms with van der Waals surface area (Å²) in [4.78, 5) is 14.3. The van der Waals surface area contributed by atoms with Gasteiger partial charge < -0.3 is 14.1 Å². The summed E-state index contributed by atoms with van der Waals surface area (Å²) in [5.41, 5.74) is 5.64. The van der Waals surface area contributed by atoms with Crippen LogP contribution in [0.2, 0.25) is 5.02 Å². The lowest BCUT2D eigenvalue weighted by Gasteiger charge is -2.34. The predicted octanol–water partition coefficient (Wildman–Crippen LogP) is 5.80. The monoisotopic (exact) mass is 397 g/mol. The van der Waals surface area contributed by atoms with Gasteiger partial charge >= 0.3 is 5.63 Å². The molecule has 0 bridgehead atoms. The third-order valence-electron chi connectivity index (χ3n) is 5.42. The van der Waals surface area contributed by atoms with Crippen molar-refractivity contribution < 1.29 is 9.15 Å². The molecule has 0 fully saturated rings. The average molecular weight is 398 g/mol. The van der Waals surface area contributed by atoms with Crippen LogP contribution in [0.3, 0.4) is 0 Å². The van der Waals surface area contributed by atoms with Crippen LogP contribution in [0.25, 0.3) is 11.0 Å². The maximum absolute atomic E-state index is 12.1. The largest absolute Gasteiger partial charge is 0.471 e. The van der Waals surface area contributed by atoms with Gasteiger partial charge in [-0.1, -0.05) is 50.6 Å². The molecule has 28 heavy (non-hydrogen) atoms. The normalized spacial score (nSPS) is 13.7. The summed E-state index contributed by atoms with van der Waals surface area (Å²) in [5, 5.41) is 1.43. The molecule has 146 valence electrons. The number of hydrogen-bond acceptors (Lipinski definition) is 4. The summed E-state index contributed by atoms with van der Waals surface area (Å²) >= 11 is 6.53. The summed E-state index contributed by atoms with van der Waals surface area (Å²) in [7, 11) is 0. The quantitative estimate of drug-likeness (QED) is 0.524. The molecule has 5 heteroatoms. The first kappa shape index (κ1) is 18.9. The molecule has 4 rings (SSSR count). The van der Waals surface area contributed by atoms with Crippen LogP contribution >= 0.6 is 11.6 Å². The Bertz CT molecular complexity index is 1120. The third kappa shape index (κ3) is 3.06. The molecule has 0 unspecified atom stereocenters. The van der Waals surface area contributed by atoms with E-state index in [0.717, 1.165) is 22.9 Å². The van der Waals surface area contributed by atoms with Crippen LogP contribution in [0.15, 0.2) is 39.5 Å². The predicted molar refractivity (Wildman–Crippen MR) is 114 cm³/mol. The Hall–Kier alpha value is -2.46. The van der Waals surface area contributed by atoms with Crippen molar-refractivity contribution in [3.05, 3.63) is 68.0 Å². The van der Waals surface area contributed by atoms with Crippen molar-refractivity contribution in [3.63, 3.8) is 0 Å². The topological polar surface area (TPSA) is 42.7 Å².